The summed E-state index contributed by atoms with van der Waals surface area (Å²) >= 11 is 9.22. The van der Waals surface area contributed by atoms with Gasteiger partial charge in [-0.25, -0.2) is 9.18 Å². The second-order valence-electron chi connectivity index (χ2n) is 4.25. The van der Waals surface area contributed by atoms with Crippen molar-refractivity contribution in [3.63, 3.8) is 0 Å². The van der Waals surface area contributed by atoms with Gasteiger partial charge in [0.05, 0.1) is 28.5 Å². The van der Waals surface area contributed by atoms with Crippen LogP contribution in [0.25, 0.3) is 0 Å². The van der Waals surface area contributed by atoms with E-state index in [4.69, 9.17) is 16.3 Å². The smallest absolute Gasteiger partial charge is 0.319 e. The number of amides is 2. The van der Waals surface area contributed by atoms with E-state index in [0.29, 0.717) is 26.5 Å². The second kappa shape index (κ2) is 7.42. The molecule has 0 radical (unpaired) electrons. The summed E-state index contributed by atoms with van der Waals surface area (Å²) < 4.78 is 19.2. The SMILES string of the molecule is COc1ccc(CNC(=O)Nc2cncc(Br)c2Cl)c(F)c1. The van der Waals surface area contributed by atoms with E-state index < -0.39 is 11.8 Å². The minimum absolute atomic E-state index is 0.0285. The van der Waals surface area contributed by atoms with Crippen LogP contribution < -0.4 is 15.4 Å². The van der Waals surface area contributed by atoms with Crippen molar-refractivity contribution in [3.05, 3.63) is 51.5 Å². The molecule has 8 heteroatoms. The zero-order valence-electron chi connectivity index (χ0n) is 11.5. The third-order valence-corrected chi connectivity index (χ3v) is 4.02. The number of pyridine rings is 1. The van der Waals surface area contributed by atoms with Crippen LogP contribution in [0, 0.1) is 5.82 Å². The molecule has 0 unspecified atom stereocenters. The molecule has 2 N–H and O–H groups in total. The van der Waals surface area contributed by atoms with Crippen LogP contribution in [-0.2, 0) is 6.54 Å². The van der Waals surface area contributed by atoms with Crippen LogP contribution in [0.2, 0.25) is 5.02 Å². The molecule has 0 saturated carbocycles. The Hall–Kier alpha value is -1.86. The summed E-state index contributed by atoms with van der Waals surface area (Å²) in [6.07, 6.45) is 2.93. The van der Waals surface area contributed by atoms with Gasteiger partial charge in [-0.3, -0.25) is 4.98 Å². The summed E-state index contributed by atoms with van der Waals surface area (Å²) in [7, 11) is 1.45. The summed E-state index contributed by atoms with van der Waals surface area (Å²) in [6.45, 7) is 0.0285. The molecule has 2 rings (SSSR count). The van der Waals surface area contributed by atoms with Gasteiger partial charge in [0.25, 0.3) is 0 Å². The summed E-state index contributed by atoms with van der Waals surface area (Å²) in [5.41, 5.74) is 0.693. The molecule has 0 aliphatic heterocycles. The average Bonchev–Trinajstić information content (AvgIpc) is 2.50. The Bertz CT molecular complexity index is 700. The van der Waals surface area contributed by atoms with Gasteiger partial charge in [-0.05, 0) is 22.0 Å². The first kappa shape index (κ1) is 16.5. The Balaban J connectivity index is 1.97. The first-order chi connectivity index (χ1) is 10.5. The van der Waals surface area contributed by atoms with Crippen LogP contribution in [0.1, 0.15) is 5.56 Å². The number of aromatic nitrogens is 1. The van der Waals surface area contributed by atoms with Crippen LogP contribution in [0.3, 0.4) is 0 Å². The Morgan fingerprint density at radius 2 is 2.23 bits per heavy atom. The lowest BCUT2D eigenvalue weighted by Gasteiger charge is -2.10. The van der Waals surface area contributed by atoms with Gasteiger partial charge in [-0.1, -0.05) is 17.7 Å². The fourth-order valence-corrected chi connectivity index (χ4v) is 2.12. The Kier molecular flexibility index (Phi) is 5.57. The maximum Gasteiger partial charge on any atom is 0.319 e. The number of nitrogens with one attached hydrogen (secondary N) is 2. The molecular formula is C14H12BrClFN3O2. The number of rotatable bonds is 4. The Morgan fingerprint density at radius 3 is 2.91 bits per heavy atom. The van der Waals surface area contributed by atoms with Crippen molar-refractivity contribution in [1.29, 1.82) is 0 Å². The van der Waals surface area contributed by atoms with Crippen molar-refractivity contribution in [1.82, 2.24) is 10.3 Å². The van der Waals surface area contributed by atoms with E-state index in [1.165, 1.54) is 25.6 Å². The Morgan fingerprint density at radius 1 is 1.45 bits per heavy atom. The molecule has 0 aliphatic carbocycles. The van der Waals surface area contributed by atoms with E-state index in [1.54, 1.807) is 12.1 Å². The minimum Gasteiger partial charge on any atom is -0.497 e. The number of urea groups is 1. The largest absolute Gasteiger partial charge is 0.497 e. The van der Waals surface area contributed by atoms with E-state index in [9.17, 15) is 9.18 Å². The predicted octanol–water partition coefficient (Wildman–Crippen LogP) is 3.97. The molecule has 0 spiro atoms. The van der Waals surface area contributed by atoms with Crippen molar-refractivity contribution in [3.8, 4) is 5.75 Å². The maximum atomic E-state index is 13.7. The Labute approximate surface area is 140 Å². The van der Waals surface area contributed by atoms with Crippen molar-refractivity contribution in [2.45, 2.75) is 6.54 Å². The number of nitrogens with zero attached hydrogens (tertiary/aromatic N) is 1. The normalized spacial score (nSPS) is 10.2. The van der Waals surface area contributed by atoms with Gasteiger partial charge >= 0.3 is 6.03 Å². The molecule has 0 bridgehead atoms. The highest BCUT2D eigenvalue weighted by atomic mass is 79.9. The lowest BCUT2D eigenvalue weighted by atomic mass is 10.2. The zero-order valence-corrected chi connectivity index (χ0v) is 13.8. The number of halogens is 3. The summed E-state index contributed by atoms with van der Waals surface area (Å²) in [5, 5.41) is 5.42. The highest BCUT2D eigenvalue weighted by molar-refractivity contribution is 9.10. The van der Waals surface area contributed by atoms with Gasteiger partial charge in [-0.15, -0.1) is 0 Å². The van der Waals surface area contributed by atoms with Crippen LogP contribution >= 0.6 is 27.5 Å². The topological polar surface area (TPSA) is 63.2 Å². The van der Waals surface area contributed by atoms with Crippen molar-refractivity contribution < 1.29 is 13.9 Å². The zero-order chi connectivity index (χ0) is 16.1. The number of anilines is 1. The quantitative estimate of drug-likeness (QED) is 0.833. The number of methoxy groups -OCH3 is 1. The second-order valence-corrected chi connectivity index (χ2v) is 5.48. The molecule has 2 amide bonds. The summed E-state index contributed by atoms with van der Waals surface area (Å²) in [5.74, 6) is -0.0421. The van der Waals surface area contributed by atoms with E-state index in [-0.39, 0.29) is 6.54 Å². The van der Waals surface area contributed by atoms with E-state index >= 15 is 0 Å². The molecule has 0 atom stereocenters. The number of hydrogen-bond donors (Lipinski definition) is 2. The highest BCUT2D eigenvalue weighted by Gasteiger charge is 2.10. The summed E-state index contributed by atoms with van der Waals surface area (Å²) in [4.78, 5) is 15.7. The predicted molar refractivity (Wildman–Crippen MR) is 85.8 cm³/mol. The van der Waals surface area contributed by atoms with E-state index in [2.05, 4.69) is 31.5 Å². The van der Waals surface area contributed by atoms with Gasteiger partial charge in [0, 0.05) is 24.4 Å². The van der Waals surface area contributed by atoms with Crippen molar-refractivity contribution >= 4 is 39.2 Å². The summed E-state index contributed by atoms with van der Waals surface area (Å²) in [6, 6.07) is 3.90. The van der Waals surface area contributed by atoms with E-state index in [0.717, 1.165) is 0 Å². The molecule has 1 heterocycles. The van der Waals surface area contributed by atoms with Crippen LogP contribution in [0.4, 0.5) is 14.9 Å². The molecule has 2 aromatic rings. The standard InChI is InChI=1S/C14H12BrClFN3O2/c1-22-9-3-2-8(11(17)4-9)5-19-14(21)20-12-7-18-6-10(15)13(12)16/h2-4,6-7H,5H2,1H3,(H2,19,20,21). The monoisotopic (exact) mass is 387 g/mol. The molecular weight excluding hydrogens is 377 g/mol. The van der Waals surface area contributed by atoms with Gasteiger partial charge in [0.1, 0.15) is 11.6 Å². The molecule has 0 aliphatic rings. The van der Waals surface area contributed by atoms with Gasteiger partial charge in [0.15, 0.2) is 0 Å². The number of hydrogen-bond acceptors (Lipinski definition) is 3. The third kappa shape index (κ3) is 4.08. The molecule has 0 saturated heterocycles. The third-order valence-electron chi connectivity index (χ3n) is 2.79. The van der Waals surface area contributed by atoms with Gasteiger partial charge < -0.3 is 15.4 Å². The van der Waals surface area contributed by atoms with Crippen LogP contribution in [0.15, 0.2) is 35.1 Å². The van der Waals surface area contributed by atoms with Crippen LogP contribution in [-0.4, -0.2) is 18.1 Å². The van der Waals surface area contributed by atoms with Gasteiger partial charge in [-0.2, -0.15) is 0 Å². The lowest BCUT2D eigenvalue weighted by Crippen LogP contribution is -2.28. The molecule has 1 aromatic carbocycles. The molecule has 116 valence electrons. The molecule has 1 aromatic heterocycles. The number of benzene rings is 1. The fraction of sp³-hybridized carbons (Fsp3) is 0.143. The minimum atomic E-state index is -0.517. The van der Waals surface area contributed by atoms with Crippen molar-refractivity contribution in [2.75, 3.05) is 12.4 Å². The molecule has 5 nitrogen and oxygen atoms in total. The van der Waals surface area contributed by atoms with Crippen LogP contribution in [0.5, 0.6) is 5.75 Å². The first-order valence-corrected chi connectivity index (χ1v) is 7.34. The molecule has 22 heavy (non-hydrogen) atoms. The highest BCUT2D eigenvalue weighted by Crippen LogP contribution is 2.28. The van der Waals surface area contributed by atoms with Crippen molar-refractivity contribution in [2.24, 2.45) is 0 Å². The average molecular weight is 389 g/mol. The number of carbonyl (C=O) groups excluding carboxylic acids is 1. The maximum absolute atomic E-state index is 13.7. The number of ether oxygens (including phenoxy) is 1. The van der Waals surface area contributed by atoms with E-state index in [1.807, 2.05) is 0 Å². The van der Waals surface area contributed by atoms with Gasteiger partial charge in [0.2, 0.25) is 0 Å². The fourth-order valence-electron chi connectivity index (χ4n) is 1.65. The number of carbonyl (C=O) groups is 1. The molecule has 0 fully saturated rings. The first-order valence-electron chi connectivity index (χ1n) is 6.17. The lowest BCUT2D eigenvalue weighted by molar-refractivity contribution is 0.251.